The predicted molar refractivity (Wildman–Crippen MR) is 60.7 cm³/mol. The van der Waals surface area contributed by atoms with Crippen molar-refractivity contribution in [2.24, 2.45) is 0 Å². The normalized spacial score (nSPS) is 21.4. The summed E-state index contributed by atoms with van der Waals surface area (Å²) in [6.07, 6.45) is 2.93. The molecule has 0 amide bonds. The van der Waals surface area contributed by atoms with Gasteiger partial charge in [-0.05, 0) is 6.07 Å². The van der Waals surface area contributed by atoms with E-state index in [0.717, 1.165) is 6.07 Å². The first kappa shape index (κ1) is 12.6. The van der Waals surface area contributed by atoms with Crippen molar-refractivity contribution >= 4 is 0 Å². The maximum atomic E-state index is 13.6. The third-order valence-corrected chi connectivity index (χ3v) is 2.80. The molecule has 1 aromatic heterocycles. The molecule has 4 nitrogen and oxygen atoms in total. The molecule has 1 atom stereocenters. The molecule has 1 aromatic carbocycles. The Hall–Kier alpha value is -1.82. The number of ether oxygens (including phenoxy) is 1. The third kappa shape index (κ3) is 2.11. The van der Waals surface area contributed by atoms with Crippen molar-refractivity contribution in [1.29, 1.82) is 0 Å². The maximum Gasteiger partial charge on any atom is 0.139 e. The highest BCUT2D eigenvalue weighted by molar-refractivity contribution is 5.28. The Morgan fingerprint density at radius 3 is 2.72 bits per heavy atom. The van der Waals surface area contributed by atoms with Crippen molar-refractivity contribution < 1.29 is 13.5 Å². The average molecular weight is 253 g/mol. The molecule has 2 heterocycles. The minimum Gasteiger partial charge on any atom is -0.362 e. The molecule has 1 saturated heterocycles. The summed E-state index contributed by atoms with van der Waals surface area (Å²) >= 11 is 0. The first-order valence-corrected chi connectivity index (χ1v) is 5.11. The number of aromatic nitrogens is 3. The van der Waals surface area contributed by atoms with Gasteiger partial charge < -0.3 is 4.74 Å². The SMILES string of the molecule is C.Fc1ccc(C2(Cn3cncn3)CO2)c(F)c1. The van der Waals surface area contributed by atoms with Gasteiger partial charge in [0.2, 0.25) is 0 Å². The van der Waals surface area contributed by atoms with Gasteiger partial charge in [0.1, 0.15) is 29.9 Å². The summed E-state index contributed by atoms with van der Waals surface area (Å²) < 4.78 is 33.4. The fourth-order valence-corrected chi connectivity index (χ4v) is 1.85. The zero-order valence-electron chi connectivity index (χ0n) is 8.81. The van der Waals surface area contributed by atoms with Gasteiger partial charge in [0, 0.05) is 11.6 Å². The Labute approximate surface area is 103 Å². The summed E-state index contributed by atoms with van der Waals surface area (Å²) in [5.41, 5.74) is -0.375. The smallest absolute Gasteiger partial charge is 0.139 e. The van der Waals surface area contributed by atoms with Crippen LogP contribution < -0.4 is 0 Å². The summed E-state index contributed by atoms with van der Waals surface area (Å²) in [7, 11) is 0. The zero-order chi connectivity index (χ0) is 11.9. The largest absolute Gasteiger partial charge is 0.362 e. The van der Waals surface area contributed by atoms with E-state index in [0.29, 0.717) is 18.7 Å². The van der Waals surface area contributed by atoms with Gasteiger partial charge in [0.15, 0.2) is 0 Å². The van der Waals surface area contributed by atoms with Gasteiger partial charge in [-0.15, -0.1) is 0 Å². The van der Waals surface area contributed by atoms with E-state index in [9.17, 15) is 8.78 Å². The lowest BCUT2D eigenvalue weighted by molar-refractivity contribution is 0.262. The van der Waals surface area contributed by atoms with Crippen molar-refractivity contribution in [2.45, 2.75) is 19.6 Å². The van der Waals surface area contributed by atoms with Crippen molar-refractivity contribution in [3.63, 3.8) is 0 Å². The highest BCUT2D eigenvalue weighted by Gasteiger charge is 2.49. The molecule has 1 aliphatic rings. The molecular formula is C12H13F2N3O. The standard InChI is InChI=1S/C11H9F2N3O.CH4/c12-8-1-2-9(10(13)3-8)11(5-17-11)4-16-7-14-6-15-16;/h1-3,6-7H,4-5H2;1H4. The highest BCUT2D eigenvalue weighted by atomic mass is 19.1. The van der Waals surface area contributed by atoms with Crippen LogP contribution in [0.3, 0.4) is 0 Å². The lowest BCUT2D eigenvalue weighted by atomic mass is 9.99. The summed E-state index contributed by atoms with van der Waals surface area (Å²) in [5, 5.41) is 3.94. The minimum atomic E-state index is -0.731. The van der Waals surface area contributed by atoms with Crippen LogP contribution >= 0.6 is 0 Å². The Balaban J connectivity index is 0.00000120. The molecule has 2 aromatic rings. The summed E-state index contributed by atoms with van der Waals surface area (Å²) in [6.45, 7) is 0.769. The first-order chi connectivity index (χ1) is 8.20. The number of benzene rings is 1. The van der Waals surface area contributed by atoms with Crippen LogP contribution in [0.1, 0.15) is 13.0 Å². The van der Waals surface area contributed by atoms with Gasteiger partial charge in [0.05, 0.1) is 13.2 Å². The summed E-state index contributed by atoms with van der Waals surface area (Å²) in [6, 6.07) is 3.50. The van der Waals surface area contributed by atoms with E-state index in [2.05, 4.69) is 10.1 Å². The number of rotatable bonds is 3. The van der Waals surface area contributed by atoms with Crippen LogP contribution in [0.5, 0.6) is 0 Å². The van der Waals surface area contributed by atoms with E-state index >= 15 is 0 Å². The van der Waals surface area contributed by atoms with Crippen LogP contribution in [0, 0.1) is 11.6 Å². The fourth-order valence-electron chi connectivity index (χ4n) is 1.85. The van der Waals surface area contributed by atoms with Gasteiger partial charge in [-0.3, -0.25) is 0 Å². The average Bonchev–Trinajstić information content (AvgIpc) is 2.86. The van der Waals surface area contributed by atoms with Crippen LogP contribution in [0.15, 0.2) is 30.9 Å². The minimum absolute atomic E-state index is 0. The molecule has 0 aliphatic carbocycles. The Morgan fingerprint density at radius 2 is 2.17 bits per heavy atom. The van der Waals surface area contributed by atoms with Gasteiger partial charge in [-0.25, -0.2) is 18.4 Å². The molecule has 6 heteroatoms. The van der Waals surface area contributed by atoms with Crippen molar-refractivity contribution in [2.75, 3.05) is 6.61 Å². The van der Waals surface area contributed by atoms with Gasteiger partial charge in [-0.2, -0.15) is 5.10 Å². The molecule has 0 radical (unpaired) electrons. The molecular weight excluding hydrogens is 240 g/mol. The van der Waals surface area contributed by atoms with Crippen LogP contribution in [0.2, 0.25) is 0 Å². The second-order valence-electron chi connectivity index (χ2n) is 4.00. The molecule has 0 spiro atoms. The number of epoxide rings is 1. The quantitative estimate of drug-likeness (QED) is 0.787. The van der Waals surface area contributed by atoms with E-state index in [1.807, 2.05) is 0 Å². The van der Waals surface area contributed by atoms with Crippen molar-refractivity contribution in [3.05, 3.63) is 48.1 Å². The second kappa shape index (κ2) is 4.45. The summed E-state index contributed by atoms with van der Waals surface area (Å²) in [5.74, 6) is -1.19. The van der Waals surface area contributed by atoms with Crippen LogP contribution in [-0.4, -0.2) is 21.4 Å². The Morgan fingerprint density at radius 1 is 1.39 bits per heavy atom. The highest BCUT2D eigenvalue weighted by Crippen LogP contribution is 2.41. The van der Waals surface area contributed by atoms with E-state index in [1.54, 1.807) is 4.68 Å². The number of hydrogen-bond donors (Lipinski definition) is 0. The van der Waals surface area contributed by atoms with Crippen molar-refractivity contribution in [3.8, 4) is 0 Å². The molecule has 96 valence electrons. The Bertz CT molecular complexity index is 538. The molecule has 3 rings (SSSR count). The fraction of sp³-hybridized carbons (Fsp3) is 0.333. The maximum absolute atomic E-state index is 13.6. The molecule has 1 fully saturated rings. The first-order valence-electron chi connectivity index (χ1n) is 5.11. The number of nitrogens with zero attached hydrogens (tertiary/aromatic N) is 3. The van der Waals surface area contributed by atoms with E-state index in [1.165, 1.54) is 24.8 Å². The van der Waals surface area contributed by atoms with Crippen LogP contribution in [0.4, 0.5) is 8.78 Å². The number of hydrogen-bond acceptors (Lipinski definition) is 3. The van der Waals surface area contributed by atoms with Crippen LogP contribution in [-0.2, 0) is 16.9 Å². The second-order valence-corrected chi connectivity index (χ2v) is 4.00. The van der Waals surface area contributed by atoms with E-state index < -0.39 is 17.2 Å². The monoisotopic (exact) mass is 253 g/mol. The lowest BCUT2D eigenvalue weighted by Gasteiger charge is -2.12. The molecule has 0 N–H and O–H groups in total. The lowest BCUT2D eigenvalue weighted by Crippen LogP contribution is -2.19. The predicted octanol–water partition coefficient (Wildman–Crippen LogP) is 2.12. The molecule has 18 heavy (non-hydrogen) atoms. The topological polar surface area (TPSA) is 43.2 Å². The third-order valence-electron chi connectivity index (χ3n) is 2.80. The number of halogens is 2. The van der Waals surface area contributed by atoms with Crippen LogP contribution in [0.25, 0.3) is 0 Å². The zero-order valence-corrected chi connectivity index (χ0v) is 8.81. The van der Waals surface area contributed by atoms with E-state index in [4.69, 9.17) is 4.74 Å². The molecule has 0 bridgehead atoms. The molecule has 1 unspecified atom stereocenters. The van der Waals surface area contributed by atoms with Crippen molar-refractivity contribution in [1.82, 2.24) is 14.8 Å². The van der Waals surface area contributed by atoms with Gasteiger partial charge in [0.25, 0.3) is 0 Å². The Kier molecular flexibility index (Phi) is 3.13. The van der Waals surface area contributed by atoms with E-state index in [-0.39, 0.29) is 7.43 Å². The summed E-state index contributed by atoms with van der Waals surface area (Å²) in [4.78, 5) is 3.81. The molecule has 1 aliphatic heterocycles. The van der Waals surface area contributed by atoms with Gasteiger partial charge in [-0.1, -0.05) is 13.5 Å². The van der Waals surface area contributed by atoms with Gasteiger partial charge >= 0.3 is 0 Å². The molecule has 0 saturated carbocycles.